The molecule has 27 heavy (non-hydrogen) atoms. The maximum atomic E-state index is 12.7. The van der Waals surface area contributed by atoms with Gasteiger partial charge < -0.3 is 19.3 Å². The molecule has 2 aromatic carbocycles. The van der Waals surface area contributed by atoms with Crippen molar-refractivity contribution in [3.8, 4) is 11.5 Å². The molecule has 7 heteroatoms. The standard InChI is InChI=1S/C20H19ClN2O4/c21-15-7-5-14(6-8-15)19(24)22-9-11-23(12-10-22)20(25)18-13-26-16-3-1-2-4-17(16)27-18/h1-8,18H,9-13H2. The Kier molecular flexibility index (Phi) is 4.90. The lowest BCUT2D eigenvalue weighted by Crippen LogP contribution is -2.55. The van der Waals surface area contributed by atoms with Gasteiger partial charge in [-0.15, -0.1) is 0 Å². The second kappa shape index (κ2) is 7.48. The first-order chi connectivity index (χ1) is 13.1. The van der Waals surface area contributed by atoms with Crippen molar-refractivity contribution < 1.29 is 19.1 Å². The van der Waals surface area contributed by atoms with E-state index in [4.69, 9.17) is 21.1 Å². The monoisotopic (exact) mass is 386 g/mol. The molecule has 2 amide bonds. The summed E-state index contributed by atoms with van der Waals surface area (Å²) in [5, 5.41) is 0.596. The molecule has 1 saturated heterocycles. The highest BCUT2D eigenvalue weighted by atomic mass is 35.5. The van der Waals surface area contributed by atoms with Crippen LogP contribution in [0.4, 0.5) is 0 Å². The largest absolute Gasteiger partial charge is 0.485 e. The lowest BCUT2D eigenvalue weighted by molar-refractivity contribution is -0.142. The minimum Gasteiger partial charge on any atom is -0.485 e. The van der Waals surface area contributed by atoms with Crippen LogP contribution in [0.5, 0.6) is 11.5 Å². The van der Waals surface area contributed by atoms with Crippen LogP contribution in [0, 0.1) is 0 Å². The molecule has 2 aliphatic heterocycles. The number of fused-ring (bicyclic) bond motifs is 1. The predicted molar refractivity (Wildman–Crippen MR) is 100 cm³/mol. The number of para-hydroxylation sites is 2. The molecule has 0 spiro atoms. The van der Waals surface area contributed by atoms with Crippen molar-refractivity contribution in [2.24, 2.45) is 0 Å². The lowest BCUT2D eigenvalue weighted by Gasteiger charge is -2.37. The van der Waals surface area contributed by atoms with Crippen LogP contribution >= 0.6 is 11.6 Å². The second-order valence-electron chi connectivity index (χ2n) is 6.49. The van der Waals surface area contributed by atoms with Crippen molar-refractivity contribution in [1.82, 2.24) is 9.80 Å². The maximum absolute atomic E-state index is 12.7. The molecule has 6 nitrogen and oxygen atoms in total. The van der Waals surface area contributed by atoms with E-state index in [1.807, 2.05) is 18.2 Å². The van der Waals surface area contributed by atoms with Crippen LogP contribution in [0.3, 0.4) is 0 Å². The van der Waals surface area contributed by atoms with Gasteiger partial charge in [-0.3, -0.25) is 9.59 Å². The third-order valence-electron chi connectivity index (χ3n) is 4.75. The van der Waals surface area contributed by atoms with Gasteiger partial charge in [0, 0.05) is 36.8 Å². The van der Waals surface area contributed by atoms with Crippen molar-refractivity contribution >= 4 is 23.4 Å². The molecule has 2 aromatic rings. The van der Waals surface area contributed by atoms with E-state index in [0.717, 1.165) is 0 Å². The zero-order valence-electron chi connectivity index (χ0n) is 14.6. The summed E-state index contributed by atoms with van der Waals surface area (Å²) in [6.07, 6.45) is -0.654. The molecule has 1 fully saturated rings. The molecular formula is C20H19ClN2O4. The third-order valence-corrected chi connectivity index (χ3v) is 5.01. The highest BCUT2D eigenvalue weighted by Gasteiger charge is 2.33. The summed E-state index contributed by atoms with van der Waals surface area (Å²) in [4.78, 5) is 28.8. The number of hydrogen-bond acceptors (Lipinski definition) is 4. The first-order valence-corrected chi connectivity index (χ1v) is 9.22. The Balaban J connectivity index is 1.34. The zero-order chi connectivity index (χ0) is 18.8. The van der Waals surface area contributed by atoms with E-state index in [2.05, 4.69) is 0 Å². The fourth-order valence-electron chi connectivity index (χ4n) is 3.25. The van der Waals surface area contributed by atoms with Crippen molar-refractivity contribution in [2.45, 2.75) is 6.10 Å². The summed E-state index contributed by atoms with van der Waals surface area (Å²) in [6, 6.07) is 14.1. The van der Waals surface area contributed by atoms with Gasteiger partial charge in [0.2, 0.25) is 6.10 Å². The second-order valence-corrected chi connectivity index (χ2v) is 6.93. The summed E-state index contributed by atoms with van der Waals surface area (Å²) < 4.78 is 11.4. The fourth-order valence-corrected chi connectivity index (χ4v) is 3.38. The summed E-state index contributed by atoms with van der Waals surface area (Å²) in [6.45, 7) is 2.10. The Morgan fingerprint density at radius 2 is 1.52 bits per heavy atom. The van der Waals surface area contributed by atoms with Crippen molar-refractivity contribution in [3.05, 3.63) is 59.1 Å². The lowest BCUT2D eigenvalue weighted by atomic mass is 10.1. The van der Waals surface area contributed by atoms with Crippen LogP contribution in [0.15, 0.2) is 48.5 Å². The Hall–Kier alpha value is -2.73. The van der Waals surface area contributed by atoms with Crippen LogP contribution < -0.4 is 9.47 Å². The van der Waals surface area contributed by atoms with Crippen LogP contribution in [-0.2, 0) is 4.79 Å². The molecule has 0 radical (unpaired) electrons. The van der Waals surface area contributed by atoms with Crippen molar-refractivity contribution in [2.75, 3.05) is 32.8 Å². The highest BCUT2D eigenvalue weighted by Crippen LogP contribution is 2.31. The van der Waals surface area contributed by atoms with Crippen molar-refractivity contribution in [3.63, 3.8) is 0 Å². The molecule has 0 aromatic heterocycles. The molecule has 4 rings (SSSR count). The molecule has 1 atom stereocenters. The number of rotatable bonds is 2. The molecule has 1 unspecified atom stereocenters. The first-order valence-electron chi connectivity index (χ1n) is 8.84. The quantitative estimate of drug-likeness (QED) is 0.795. The van der Waals surface area contributed by atoms with Gasteiger partial charge in [0.05, 0.1) is 0 Å². The smallest absolute Gasteiger partial charge is 0.267 e. The van der Waals surface area contributed by atoms with Gasteiger partial charge in [0.1, 0.15) is 6.61 Å². The number of halogens is 1. The fraction of sp³-hybridized carbons (Fsp3) is 0.300. The predicted octanol–water partition coefficient (Wildman–Crippen LogP) is 2.46. The van der Waals surface area contributed by atoms with Gasteiger partial charge in [-0.25, -0.2) is 0 Å². The van der Waals surface area contributed by atoms with E-state index in [1.165, 1.54) is 0 Å². The Morgan fingerprint density at radius 1 is 0.889 bits per heavy atom. The molecule has 2 aliphatic rings. The van der Waals surface area contributed by atoms with E-state index in [9.17, 15) is 9.59 Å². The number of ether oxygens (including phenoxy) is 2. The maximum Gasteiger partial charge on any atom is 0.267 e. The molecule has 2 heterocycles. The van der Waals surface area contributed by atoms with E-state index in [1.54, 1.807) is 40.1 Å². The Labute approximate surface area is 162 Å². The van der Waals surface area contributed by atoms with E-state index in [0.29, 0.717) is 48.3 Å². The number of carbonyl (C=O) groups excluding carboxylic acids is 2. The Bertz CT molecular complexity index is 847. The number of piperazine rings is 1. The highest BCUT2D eigenvalue weighted by molar-refractivity contribution is 6.30. The Morgan fingerprint density at radius 3 is 2.22 bits per heavy atom. The van der Waals surface area contributed by atoms with Gasteiger partial charge in [0.15, 0.2) is 11.5 Å². The van der Waals surface area contributed by atoms with E-state index < -0.39 is 6.10 Å². The SMILES string of the molecule is O=C(c1ccc(Cl)cc1)N1CCN(C(=O)C2COc3ccccc3O2)CC1. The summed E-state index contributed by atoms with van der Waals surface area (Å²) in [5.41, 5.74) is 0.597. The van der Waals surface area contributed by atoms with Gasteiger partial charge in [-0.1, -0.05) is 23.7 Å². The summed E-state index contributed by atoms with van der Waals surface area (Å²) >= 11 is 5.87. The molecule has 140 valence electrons. The number of benzene rings is 2. The third kappa shape index (κ3) is 3.71. The molecular weight excluding hydrogens is 368 g/mol. The zero-order valence-corrected chi connectivity index (χ0v) is 15.4. The molecule has 0 N–H and O–H groups in total. The average molecular weight is 387 g/mol. The van der Waals surface area contributed by atoms with Gasteiger partial charge in [-0.2, -0.15) is 0 Å². The van der Waals surface area contributed by atoms with E-state index >= 15 is 0 Å². The molecule has 0 aliphatic carbocycles. The van der Waals surface area contributed by atoms with E-state index in [-0.39, 0.29) is 18.4 Å². The average Bonchev–Trinajstić information content (AvgIpc) is 2.73. The molecule has 0 saturated carbocycles. The normalized spacial score (nSPS) is 18.9. The summed E-state index contributed by atoms with van der Waals surface area (Å²) in [7, 11) is 0. The van der Waals surface area contributed by atoms with Crippen LogP contribution in [0.1, 0.15) is 10.4 Å². The van der Waals surface area contributed by atoms with Crippen molar-refractivity contribution in [1.29, 1.82) is 0 Å². The number of nitrogens with zero attached hydrogens (tertiary/aromatic N) is 2. The van der Waals surface area contributed by atoms with Crippen LogP contribution in [-0.4, -0.2) is 60.5 Å². The molecule has 0 bridgehead atoms. The number of hydrogen-bond donors (Lipinski definition) is 0. The van der Waals surface area contributed by atoms with Crippen LogP contribution in [0.25, 0.3) is 0 Å². The topological polar surface area (TPSA) is 59.1 Å². The van der Waals surface area contributed by atoms with Crippen LogP contribution in [0.2, 0.25) is 5.02 Å². The first kappa shape index (κ1) is 17.7. The van der Waals surface area contributed by atoms with Gasteiger partial charge >= 0.3 is 0 Å². The summed E-state index contributed by atoms with van der Waals surface area (Å²) in [5.74, 6) is 1.08. The number of carbonyl (C=O) groups is 2. The van der Waals surface area contributed by atoms with Gasteiger partial charge in [-0.05, 0) is 36.4 Å². The van der Waals surface area contributed by atoms with Gasteiger partial charge in [0.25, 0.3) is 11.8 Å². The number of amides is 2. The minimum atomic E-state index is -0.654. The minimum absolute atomic E-state index is 0.0510.